The van der Waals surface area contributed by atoms with E-state index in [0.717, 1.165) is 5.71 Å². The molecule has 0 heterocycles. The fourth-order valence-corrected chi connectivity index (χ4v) is 0.353. The Morgan fingerprint density at radius 1 is 1.22 bits per heavy atom. The normalized spacial score (nSPS) is 11.0. The summed E-state index contributed by atoms with van der Waals surface area (Å²) in [6, 6.07) is 0. The van der Waals surface area contributed by atoms with Gasteiger partial charge in [0, 0.05) is 11.9 Å². The molecule has 0 aliphatic carbocycles. The van der Waals surface area contributed by atoms with Crippen molar-refractivity contribution >= 4 is 5.71 Å². The Morgan fingerprint density at radius 3 is 2.33 bits per heavy atom. The molecule has 0 radical (unpaired) electrons. The molecule has 0 aliphatic heterocycles. The third kappa shape index (κ3) is 7.15. The third-order valence-corrected chi connectivity index (χ3v) is 0.722. The fraction of sp³-hybridized carbons (Fsp3) is 0.375. The maximum Gasteiger partial charge on any atom is 0.0266 e. The van der Waals surface area contributed by atoms with Crippen molar-refractivity contribution in [3.05, 3.63) is 24.4 Å². The smallest absolute Gasteiger partial charge is 0.0266 e. The first-order chi connectivity index (χ1) is 4.27. The van der Waals surface area contributed by atoms with Crippen LogP contribution in [0.25, 0.3) is 0 Å². The zero-order valence-electron chi connectivity index (χ0n) is 6.26. The van der Waals surface area contributed by atoms with Crippen LogP contribution in [0.2, 0.25) is 0 Å². The number of hydrogen-bond acceptors (Lipinski definition) is 1. The van der Waals surface area contributed by atoms with E-state index >= 15 is 0 Å². The van der Waals surface area contributed by atoms with Crippen LogP contribution in [0.1, 0.15) is 20.8 Å². The lowest BCUT2D eigenvalue weighted by Gasteiger charge is -1.79. The lowest BCUT2D eigenvalue weighted by molar-refractivity contribution is 1.50. The molecular formula is C8H13N. The van der Waals surface area contributed by atoms with E-state index in [1.54, 1.807) is 6.20 Å². The first-order valence-electron chi connectivity index (χ1n) is 3.06. The number of allylic oxidation sites excluding steroid dienone is 3. The summed E-state index contributed by atoms with van der Waals surface area (Å²) < 4.78 is 0. The first kappa shape index (κ1) is 8.15. The van der Waals surface area contributed by atoms with Gasteiger partial charge in [0.2, 0.25) is 0 Å². The molecule has 1 heteroatoms. The van der Waals surface area contributed by atoms with Crippen LogP contribution >= 0.6 is 0 Å². The second-order valence-corrected chi connectivity index (χ2v) is 1.94. The Labute approximate surface area is 56.8 Å². The molecule has 0 atom stereocenters. The minimum atomic E-state index is 1.08. The molecule has 0 unspecified atom stereocenters. The van der Waals surface area contributed by atoms with E-state index in [9.17, 15) is 0 Å². The van der Waals surface area contributed by atoms with Gasteiger partial charge in [0.05, 0.1) is 0 Å². The van der Waals surface area contributed by atoms with Gasteiger partial charge >= 0.3 is 0 Å². The van der Waals surface area contributed by atoms with Crippen molar-refractivity contribution < 1.29 is 0 Å². The Bertz CT molecular complexity index is 137. The van der Waals surface area contributed by atoms with E-state index < -0.39 is 0 Å². The van der Waals surface area contributed by atoms with Crippen molar-refractivity contribution in [3.63, 3.8) is 0 Å². The molecule has 0 aromatic carbocycles. The minimum Gasteiger partial charge on any atom is -0.266 e. The molecule has 0 aliphatic rings. The molecule has 0 rings (SSSR count). The van der Waals surface area contributed by atoms with Gasteiger partial charge in [0.1, 0.15) is 0 Å². The molecule has 0 amide bonds. The molecule has 0 aromatic rings. The van der Waals surface area contributed by atoms with Crippen molar-refractivity contribution in [2.24, 2.45) is 4.99 Å². The van der Waals surface area contributed by atoms with E-state index in [1.807, 2.05) is 39.0 Å². The van der Waals surface area contributed by atoms with Crippen LogP contribution in [-0.4, -0.2) is 5.71 Å². The summed E-state index contributed by atoms with van der Waals surface area (Å²) in [5.41, 5.74) is 1.08. The van der Waals surface area contributed by atoms with E-state index in [2.05, 4.69) is 4.99 Å². The standard InChI is InChI=1S/C8H13N/c1-4-5-6-7-9-8(2)3/h4-7H,1-3H3/b5-4+,7-6-. The molecule has 1 nitrogen and oxygen atoms in total. The monoisotopic (exact) mass is 123 g/mol. The van der Waals surface area contributed by atoms with Gasteiger partial charge in [-0.1, -0.05) is 12.2 Å². The average Bonchev–Trinajstić information content (AvgIpc) is 1.80. The van der Waals surface area contributed by atoms with Crippen molar-refractivity contribution in [2.75, 3.05) is 0 Å². The van der Waals surface area contributed by atoms with Crippen molar-refractivity contribution in [1.29, 1.82) is 0 Å². The van der Waals surface area contributed by atoms with Crippen LogP contribution < -0.4 is 0 Å². The largest absolute Gasteiger partial charge is 0.266 e. The van der Waals surface area contributed by atoms with Crippen molar-refractivity contribution in [2.45, 2.75) is 20.8 Å². The number of aliphatic imine (C=N–C) groups is 1. The third-order valence-electron chi connectivity index (χ3n) is 0.722. The summed E-state index contributed by atoms with van der Waals surface area (Å²) in [7, 11) is 0. The molecule has 0 bridgehead atoms. The number of nitrogens with zero attached hydrogens (tertiary/aromatic N) is 1. The van der Waals surface area contributed by atoms with Gasteiger partial charge in [-0.05, 0) is 26.8 Å². The maximum atomic E-state index is 4.05. The molecule has 0 aromatic heterocycles. The van der Waals surface area contributed by atoms with Gasteiger partial charge in [-0.3, -0.25) is 4.99 Å². The Kier molecular flexibility index (Phi) is 4.79. The summed E-state index contributed by atoms with van der Waals surface area (Å²) in [6.07, 6.45) is 7.62. The molecule has 0 N–H and O–H groups in total. The number of rotatable bonds is 2. The maximum absolute atomic E-state index is 4.05. The highest BCUT2D eigenvalue weighted by atomic mass is 14.7. The predicted octanol–water partition coefficient (Wildman–Crippen LogP) is 2.56. The van der Waals surface area contributed by atoms with E-state index in [-0.39, 0.29) is 0 Å². The summed E-state index contributed by atoms with van der Waals surface area (Å²) in [6.45, 7) is 5.92. The van der Waals surface area contributed by atoms with Crippen LogP contribution in [0.5, 0.6) is 0 Å². The molecule has 0 spiro atoms. The zero-order chi connectivity index (χ0) is 7.11. The highest BCUT2D eigenvalue weighted by molar-refractivity contribution is 5.79. The van der Waals surface area contributed by atoms with Crippen LogP contribution in [0, 0.1) is 0 Å². The highest BCUT2D eigenvalue weighted by Crippen LogP contribution is 1.80. The van der Waals surface area contributed by atoms with E-state index in [4.69, 9.17) is 0 Å². The lowest BCUT2D eigenvalue weighted by Crippen LogP contribution is -1.74. The van der Waals surface area contributed by atoms with E-state index in [1.165, 1.54) is 0 Å². The Morgan fingerprint density at radius 2 is 1.89 bits per heavy atom. The topological polar surface area (TPSA) is 12.4 Å². The fourth-order valence-electron chi connectivity index (χ4n) is 0.353. The summed E-state index contributed by atoms with van der Waals surface area (Å²) in [4.78, 5) is 4.05. The first-order valence-corrected chi connectivity index (χ1v) is 3.06. The molecule has 0 fully saturated rings. The van der Waals surface area contributed by atoms with Crippen molar-refractivity contribution in [3.8, 4) is 0 Å². The summed E-state index contributed by atoms with van der Waals surface area (Å²) >= 11 is 0. The quantitative estimate of drug-likeness (QED) is 0.395. The average molecular weight is 123 g/mol. The zero-order valence-corrected chi connectivity index (χ0v) is 6.26. The number of hydrogen-bond donors (Lipinski definition) is 0. The van der Waals surface area contributed by atoms with Crippen LogP contribution in [0.15, 0.2) is 29.4 Å². The van der Waals surface area contributed by atoms with Crippen LogP contribution in [0.3, 0.4) is 0 Å². The second kappa shape index (κ2) is 5.29. The van der Waals surface area contributed by atoms with Gasteiger partial charge in [0.15, 0.2) is 0 Å². The van der Waals surface area contributed by atoms with Gasteiger partial charge < -0.3 is 0 Å². The lowest BCUT2D eigenvalue weighted by atomic mass is 10.5. The summed E-state index contributed by atoms with van der Waals surface area (Å²) in [5.74, 6) is 0. The van der Waals surface area contributed by atoms with Gasteiger partial charge in [0.25, 0.3) is 0 Å². The predicted molar refractivity (Wildman–Crippen MR) is 42.7 cm³/mol. The van der Waals surface area contributed by atoms with Crippen molar-refractivity contribution in [1.82, 2.24) is 0 Å². The SMILES string of the molecule is C/C=C/C=C\N=C(C)C. The minimum absolute atomic E-state index is 1.08. The summed E-state index contributed by atoms with van der Waals surface area (Å²) in [5, 5.41) is 0. The van der Waals surface area contributed by atoms with Gasteiger partial charge in [-0.2, -0.15) is 0 Å². The highest BCUT2D eigenvalue weighted by Gasteiger charge is 1.67. The van der Waals surface area contributed by atoms with Crippen LogP contribution in [0.4, 0.5) is 0 Å². The molecular weight excluding hydrogens is 110 g/mol. The van der Waals surface area contributed by atoms with E-state index in [0.29, 0.717) is 0 Å². The van der Waals surface area contributed by atoms with Gasteiger partial charge in [-0.15, -0.1) is 0 Å². The van der Waals surface area contributed by atoms with Crippen LogP contribution in [-0.2, 0) is 0 Å². The Hall–Kier alpha value is -0.850. The molecule has 0 saturated heterocycles. The molecule has 9 heavy (non-hydrogen) atoms. The molecule has 50 valence electrons. The molecule has 0 saturated carbocycles. The second-order valence-electron chi connectivity index (χ2n) is 1.94. The van der Waals surface area contributed by atoms with Gasteiger partial charge in [-0.25, -0.2) is 0 Å². The Balaban J connectivity index is 3.60.